The minimum Gasteiger partial charge on any atom is -0.436 e. The minimum absolute atomic E-state index is 0.0911. The standard InChI is InChI=1S/C46H35N3O/c1-46(2)41-24-13-12-23-39(41)40-30-43-44(31-42(40)46)50-45(47-43)32-25-27-36(28-26-32)49(35-19-10-5-11-20-35)38-22-14-21-37(29-38)48(33-15-6-3-7-16-33)34-17-8-4-9-18-34/h3-31H,1-2H3. The Hall–Kier alpha value is -6.39. The van der Waals surface area contributed by atoms with Crippen LogP contribution in [0, 0.1) is 0 Å². The van der Waals surface area contributed by atoms with Gasteiger partial charge in [-0.15, -0.1) is 0 Å². The monoisotopic (exact) mass is 645 g/mol. The van der Waals surface area contributed by atoms with Gasteiger partial charge in [-0.25, -0.2) is 4.98 Å². The Morgan fingerprint density at radius 3 is 1.52 bits per heavy atom. The van der Waals surface area contributed by atoms with Crippen LogP contribution in [0.2, 0.25) is 0 Å². The molecule has 0 spiro atoms. The normalized spacial score (nSPS) is 12.8. The molecule has 0 atom stereocenters. The molecule has 0 fully saturated rings. The van der Waals surface area contributed by atoms with Gasteiger partial charge in [-0.1, -0.05) is 98.8 Å². The van der Waals surface area contributed by atoms with Gasteiger partial charge in [-0.2, -0.15) is 0 Å². The number of hydrogen-bond donors (Lipinski definition) is 0. The van der Waals surface area contributed by atoms with E-state index in [4.69, 9.17) is 9.40 Å². The first-order chi connectivity index (χ1) is 24.5. The van der Waals surface area contributed by atoms with Crippen LogP contribution in [0.3, 0.4) is 0 Å². The summed E-state index contributed by atoms with van der Waals surface area (Å²) in [7, 11) is 0. The third-order valence-electron chi connectivity index (χ3n) is 9.85. The molecule has 50 heavy (non-hydrogen) atoms. The van der Waals surface area contributed by atoms with Crippen LogP contribution in [0.15, 0.2) is 180 Å². The number of nitrogens with zero attached hydrogens (tertiary/aromatic N) is 3. The molecule has 0 aliphatic heterocycles. The Kier molecular flexibility index (Phi) is 7.10. The van der Waals surface area contributed by atoms with Crippen molar-refractivity contribution in [1.82, 2.24) is 4.98 Å². The van der Waals surface area contributed by atoms with E-state index in [0.717, 1.165) is 50.8 Å². The number of anilines is 6. The van der Waals surface area contributed by atoms with Gasteiger partial charge in [0.15, 0.2) is 5.58 Å². The van der Waals surface area contributed by atoms with Crippen LogP contribution in [0.1, 0.15) is 25.0 Å². The minimum atomic E-state index is -0.0911. The fraction of sp³-hybridized carbons (Fsp3) is 0.0652. The molecule has 0 unspecified atom stereocenters. The van der Waals surface area contributed by atoms with Crippen LogP contribution in [-0.4, -0.2) is 4.98 Å². The molecule has 8 aromatic rings. The number of rotatable bonds is 7. The van der Waals surface area contributed by atoms with Crippen molar-refractivity contribution >= 4 is 45.2 Å². The molecule has 0 amide bonds. The average Bonchev–Trinajstić information content (AvgIpc) is 3.69. The molecule has 0 saturated heterocycles. The zero-order valence-electron chi connectivity index (χ0n) is 28.0. The highest BCUT2D eigenvalue weighted by Gasteiger charge is 2.36. The van der Waals surface area contributed by atoms with E-state index in [-0.39, 0.29) is 5.41 Å². The fourth-order valence-electron chi connectivity index (χ4n) is 7.40. The van der Waals surface area contributed by atoms with E-state index in [1.165, 1.54) is 22.3 Å². The Bertz CT molecular complexity index is 2410. The summed E-state index contributed by atoms with van der Waals surface area (Å²) in [5.74, 6) is 0.621. The molecule has 0 radical (unpaired) electrons. The van der Waals surface area contributed by atoms with Gasteiger partial charge in [0, 0.05) is 45.1 Å². The van der Waals surface area contributed by atoms with Crippen molar-refractivity contribution in [3.8, 4) is 22.6 Å². The molecule has 0 saturated carbocycles. The van der Waals surface area contributed by atoms with Gasteiger partial charge in [-0.3, -0.25) is 0 Å². The van der Waals surface area contributed by atoms with E-state index in [9.17, 15) is 0 Å². The van der Waals surface area contributed by atoms with Gasteiger partial charge in [-0.05, 0) is 113 Å². The van der Waals surface area contributed by atoms with E-state index in [1.807, 2.05) is 0 Å². The predicted molar refractivity (Wildman–Crippen MR) is 206 cm³/mol. The molecule has 0 N–H and O–H groups in total. The van der Waals surface area contributed by atoms with Gasteiger partial charge in [0.25, 0.3) is 0 Å². The van der Waals surface area contributed by atoms with E-state index in [1.54, 1.807) is 0 Å². The molecule has 0 bridgehead atoms. The second-order valence-corrected chi connectivity index (χ2v) is 13.3. The van der Waals surface area contributed by atoms with E-state index < -0.39 is 0 Å². The zero-order chi connectivity index (χ0) is 33.7. The van der Waals surface area contributed by atoms with E-state index in [0.29, 0.717) is 5.89 Å². The van der Waals surface area contributed by atoms with Crippen molar-refractivity contribution in [2.75, 3.05) is 9.80 Å². The first-order valence-corrected chi connectivity index (χ1v) is 17.1. The quantitative estimate of drug-likeness (QED) is 0.173. The van der Waals surface area contributed by atoms with Crippen LogP contribution in [0.5, 0.6) is 0 Å². The zero-order valence-corrected chi connectivity index (χ0v) is 28.0. The smallest absolute Gasteiger partial charge is 0.227 e. The van der Waals surface area contributed by atoms with Crippen molar-refractivity contribution < 1.29 is 4.42 Å². The first-order valence-electron chi connectivity index (χ1n) is 17.1. The van der Waals surface area contributed by atoms with Crippen molar-refractivity contribution in [2.45, 2.75) is 19.3 Å². The number of para-hydroxylation sites is 3. The van der Waals surface area contributed by atoms with Crippen molar-refractivity contribution in [3.05, 3.63) is 187 Å². The van der Waals surface area contributed by atoms with Crippen molar-refractivity contribution in [1.29, 1.82) is 0 Å². The number of oxazole rings is 1. The summed E-state index contributed by atoms with van der Waals surface area (Å²) in [6, 6.07) is 61.8. The Balaban J connectivity index is 1.09. The molecule has 4 nitrogen and oxygen atoms in total. The number of fused-ring (bicyclic) bond motifs is 4. The highest BCUT2D eigenvalue weighted by Crippen LogP contribution is 2.50. The SMILES string of the molecule is CC1(C)c2ccccc2-c2cc3nc(-c4ccc(N(c5ccccc5)c5cccc(N(c6ccccc6)c6ccccc6)c5)cc4)oc3cc21. The molecule has 9 rings (SSSR count). The molecule has 240 valence electrons. The average molecular weight is 646 g/mol. The maximum absolute atomic E-state index is 6.44. The fourth-order valence-corrected chi connectivity index (χ4v) is 7.40. The Morgan fingerprint density at radius 1 is 0.440 bits per heavy atom. The summed E-state index contributed by atoms with van der Waals surface area (Å²) < 4.78 is 6.44. The van der Waals surface area contributed by atoms with Gasteiger partial charge in [0.1, 0.15) is 5.52 Å². The maximum Gasteiger partial charge on any atom is 0.227 e. The highest BCUT2D eigenvalue weighted by atomic mass is 16.3. The topological polar surface area (TPSA) is 32.5 Å². The number of benzene rings is 7. The summed E-state index contributed by atoms with van der Waals surface area (Å²) in [5, 5.41) is 0. The van der Waals surface area contributed by atoms with E-state index in [2.05, 4.69) is 200 Å². The van der Waals surface area contributed by atoms with Crippen LogP contribution < -0.4 is 9.80 Å². The second kappa shape index (κ2) is 11.9. The lowest BCUT2D eigenvalue weighted by Gasteiger charge is -2.29. The molecule has 7 aromatic carbocycles. The van der Waals surface area contributed by atoms with Gasteiger partial charge >= 0.3 is 0 Å². The molecular weight excluding hydrogens is 611 g/mol. The van der Waals surface area contributed by atoms with Crippen LogP contribution in [0.4, 0.5) is 34.1 Å². The van der Waals surface area contributed by atoms with Gasteiger partial charge < -0.3 is 14.2 Å². The third kappa shape index (κ3) is 5.05. The summed E-state index contributed by atoms with van der Waals surface area (Å²) in [4.78, 5) is 9.55. The molecule has 1 aliphatic rings. The molecule has 1 aromatic heterocycles. The number of hydrogen-bond acceptors (Lipinski definition) is 4. The highest BCUT2D eigenvalue weighted by molar-refractivity contribution is 5.90. The number of aromatic nitrogens is 1. The van der Waals surface area contributed by atoms with Gasteiger partial charge in [0.2, 0.25) is 5.89 Å². The van der Waals surface area contributed by atoms with Crippen LogP contribution in [0.25, 0.3) is 33.7 Å². The second-order valence-electron chi connectivity index (χ2n) is 13.3. The largest absolute Gasteiger partial charge is 0.436 e. The summed E-state index contributed by atoms with van der Waals surface area (Å²) in [6.07, 6.45) is 0. The lowest BCUT2D eigenvalue weighted by atomic mass is 9.82. The van der Waals surface area contributed by atoms with Gasteiger partial charge in [0.05, 0.1) is 0 Å². The van der Waals surface area contributed by atoms with Crippen LogP contribution >= 0.6 is 0 Å². The summed E-state index contributed by atoms with van der Waals surface area (Å²) >= 11 is 0. The van der Waals surface area contributed by atoms with E-state index >= 15 is 0 Å². The Morgan fingerprint density at radius 2 is 0.940 bits per heavy atom. The maximum atomic E-state index is 6.44. The summed E-state index contributed by atoms with van der Waals surface area (Å²) in [5.41, 5.74) is 14.1. The Labute approximate surface area is 292 Å². The first kappa shape index (κ1) is 29.7. The lowest BCUT2D eigenvalue weighted by Crippen LogP contribution is -2.14. The molecular formula is C46H35N3O. The molecule has 1 heterocycles. The molecule has 1 aliphatic carbocycles. The third-order valence-corrected chi connectivity index (χ3v) is 9.85. The van der Waals surface area contributed by atoms with Crippen molar-refractivity contribution in [3.63, 3.8) is 0 Å². The van der Waals surface area contributed by atoms with Crippen molar-refractivity contribution in [2.24, 2.45) is 0 Å². The lowest BCUT2D eigenvalue weighted by molar-refractivity contribution is 0.614. The molecule has 4 heteroatoms. The summed E-state index contributed by atoms with van der Waals surface area (Å²) in [6.45, 7) is 4.57. The predicted octanol–water partition coefficient (Wildman–Crippen LogP) is 12.7. The van der Waals surface area contributed by atoms with Crippen LogP contribution in [-0.2, 0) is 5.41 Å².